The van der Waals surface area contributed by atoms with Crippen LogP contribution in [0.2, 0.25) is 0 Å². The number of fused-ring (bicyclic) bond motifs is 3. The predicted molar refractivity (Wildman–Crippen MR) is 137 cm³/mol. The molecule has 184 valence electrons. The van der Waals surface area contributed by atoms with Crippen molar-refractivity contribution in [1.29, 1.82) is 0 Å². The van der Waals surface area contributed by atoms with Crippen molar-refractivity contribution >= 4 is 33.9 Å². The van der Waals surface area contributed by atoms with Crippen LogP contribution in [-0.4, -0.2) is 50.7 Å². The maximum absolute atomic E-state index is 12.1. The molecule has 1 aliphatic rings. The van der Waals surface area contributed by atoms with Gasteiger partial charge in [0.15, 0.2) is 11.2 Å². The third-order valence-electron chi connectivity index (χ3n) is 5.94. The Morgan fingerprint density at radius 3 is 2.91 bits per heavy atom. The third kappa shape index (κ3) is 5.48. The van der Waals surface area contributed by atoms with Crippen molar-refractivity contribution in [3.8, 4) is 11.3 Å². The summed E-state index contributed by atoms with van der Waals surface area (Å²) >= 11 is 0. The molecule has 1 atom stereocenters. The van der Waals surface area contributed by atoms with Crippen LogP contribution in [0.1, 0.15) is 44.7 Å². The van der Waals surface area contributed by atoms with Gasteiger partial charge in [-0.2, -0.15) is 10.1 Å². The van der Waals surface area contributed by atoms with Crippen molar-refractivity contribution in [2.75, 3.05) is 13.7 Å². The largest absolute Gasteiger partial charge is 0.450 e. The molecule has 4 aromatic heterocycles. The van der Waals surface area contributed by atoms with Crippen molar-refractivity contribution in [1.82, 2.24) is 24.7 Å². The van der Waals surface area contributed by atoms with Gasteiger partial charge in [0.05, 0.1) is 29.7 Å². The molecule has 5 rings (SSSR count). The normalized spacial score (nSPS) is 17.0. The summed E-state index contributed by atoms with van der Waals surface area (Å²) in [5.41, 5.74) is 9.13. The summed E-state index contributed by atoms with van der Waals surface area (Å²) in [6.07, 6.45) is 15.1. The summed E-state index contributed by atoms with van der Waals surface area (Å²) in [5.74, 6) is 0. The Morgan fingerprint density at radius 1 is 1.34 bits per heavy atom. The SMILES string of the molecule is CC[C@H]1CCCCCO1.CN=C/C(=C\N)c1cc2c(cn1)oc1c(-c3cnn(C)c3)nc(=O)[nH]c12. The molecule has 10 nitrogen and oxygen atoms in total. The molecule has 0 amide bonds. The van der Waals surface area contributed by atoms with Gasteiger partial charge >= 0.3 is 5.69 Å². The van der Waals surface area contributed by atoms with Gasteiger partial charge in [0, 0.05) is 55.8 Å². The van der Waals surface area contributed by atoms with Crippen LogP contribution in [0.4, 0.5) is 0 Å². The number of nitrogens with two attached hydrogens (primary N) is 1. The van der Waals surface area contributed by atoms with Gasteiger partial charge in [0.2, 0.25) is 0 Å². The molecule has 1 saturated heterocycles. The third-order valence-corrected chi connectivity index (χ3v) is 5.94. The summed E-state index contributed by atoms with van der Waals surface area (Å²) in [5, 5.41) is 4.83. The molecule has 0 aromatic carbocycles. The smallest absolute Gasteiger partial charge is 0.346 e. The van der Waals surface area contributed by atoms with E-state index in [4.69, 9.17) is 14.9 Å². The Bertz CT molecular complexity index is 1410. The monoisotopic (exact) mass is 477 g/mol. The minimum Gasteiger partial charge on any atom is -0.450 e. The highest BCUT2D eigenvalue weighted by atomic mass is 16.5. The number of hydrogen-bond acceptors (Lipinski definition) is 8. The number of allylic oxidation sites excluding steroid dienone is 1. The first-order valence-corrected chi connectivity index (χ1v) is 11.8. The van der Waals surface area contributed by atoms with Crippen LogP contribution in [0.5, 0.6) is 0 Å². The second-order valence-corrected chi connectivity index (χ2v) is 8.42. The van der Waals surface area contributed by atoms with Gasteiger partial charge in [-0.3, -0.25) is 14.7 Å². The number of nitrogens with zero attached hydrogens (tertiary/aromatic N) is 5. The van der Waals surface area contributed by atoms with Gasteiger partial charge in [-0.1, -0.05) is 19.8 Å². The molecule has 0 spiro atoms. The fourth-order valence-electron chi connectivity index (χ4n) is 4.12. The Kier molecular flexibility index (Phi) is 7.71. The molecule has 10 heteroatoms. The van der Waals surface area contributed by atoms with E-state index in [0.717, 1.165) is 6.61 Å². The average molecular weight is 478 g/mol. The number of furan rings is 1. The molecule has 5 heterocycles. The quantitative estimate of drug-likeness (QED) is 0.426. The van der Waals surface area contributed by atoms with Crippen LogP contribution >= 0.6 is 0 Å². The van der Waals surface area contributed by atoms with Gasteiger partial charge in [0.25, 0.3) is 0 Å². The molecular weight excluding hydrogens is 446 g/mol. The molecule has 0 saturated carbocycles. The summed E-state index contributed by atoms with van der Waals surface area (Å²) in [6, 6.07) is 1.80. The average Bonchev–Trinajstić information content (AvgIpc) is 3.35. The molecule has 1 aliphatic heterocycles. The second-order valence-electron chi connectivity index (χ2n) is 8.42. The first kappa shape index (κ1) is 24.3. The fourth-order valence-corrected chi connectivity index (χ4v) is 4.12. The lowest BCUT2D eigenvalue weighted by Crippen LogP contribution is -2.10. The second kappa shape index (κ2) is 11.1. The molecule has 3 N–H and O–H groups in total. The number of aromatic nitrogens is 5. The molecule has 0 aliphatic carbocycles. The van der Waals surface area contributed by atoms with Crippen molar-refractivity contribution in [2.24, 2.45) is 17.8 Å². The number of nitrogens with one attached hydrogen (secondary N) is 1. The van der Waals surface area contributed by atoms with Crippen LogP contribution in [-0.2, 0) is 11.8 Å². The van der Waals surface area contributed by atoms with Crippen molar-refractivity contribution in [3.63, 3.8) is 0 Å². The summed E-state index contributed by atoms with van der Waals surface area (Å²) < 4.78 is 13.1. The van der Waals surface area contributed by atoms with Crippen molar-refractivity contribution < 1.29 is 9.15 Å². The number of aryl methyl sites for hydroxylation is 1. The molecule has 1 fully saturated rings. The first-order valence-electron chi connectivity index (χ1n) is 11.8. The zero-order valence-corrected chi connectivity index (χ0v) is 20.3. The number of H-pyrrole nitrogens is 1. The van der Waals surface area contributed by atoms with Gasteiger partial charge in [-0.25, -0.2) is 4.79 Å². The number of hydrogen-bond donors (Lipinski definition) is 2. The van der Waals surface area contributed by atoms with Crippen LogP contribution in [0.15, 0.2) is 45.1 Å². The number of pyridine rings is 1. The lowest BCUT2D eigenvalue weighted by Gasteiger charge is -2.10. The Balaban J connectivity index is 0.000000271. The Hall–Kier alpha value is -3.79. The number of aromatic amines is 1. The number of ether oxygens (including phenoxy) is 1. The lowest BCUT2D eigenvalue weighted by molar-refractivity contribution is 0.0563. The number of rotatable bonds is 4. The summed E-state index contributed by atoms with van der Waals surface area (Å²) in [7, 11) is 3.44. The standard InChI is InChI=1S/C17H15N7O2.C8H16O/c1-19-5-9(4-18)12-3-11-13(7-20-12)26-16-14(10-6-21-24(2)8-10)22-17(25)23-15(11)16;1-2-8-6-4-3-5-7-9-8/h3-8H,18H2,1-2H3,(H,22,23,25);8H,2-7H2,1H3/b9-4+,19-5?;/t;8-/m.0/s1. The van der Waals surface area contributed by atoms with E-state index in [-0.39, 0.29) is 0 Å². The molecule has 0 unspecified atom stereocenters. The van der Waals surface area contributed by atoms with Crippen molar-refractivity contribution in [2.45, 2.75) is 45.1 Å². The van der Waals surface area contributed by atoms with Crippen LogP contribution in [0.3, 0.4) is 0 Å². The Morgan fingerprint density at radius 2 is 2.20 bits per heavy atom. The van der Waals surface area contributed by atoms with E-state index in [1.54, 1.807) is 49.6 Å². The minimum atomic E-state index is -0.470. The van der Waals surface area contributed by atoms with Crippen LogP contribution in [0, 0.1) is 0 Å². The van der Waals surface area contributed by atoms with E-state index in [1.165, 1.54) is 38.3 Å². The van der Waals surface area contributed by atoms with E-state index in [9.17, 15) is 4.79 Å². The highest BCUT2D eigenvalue weighted by Gasteiger charge is 2.17. The highest BCUT2D eigenvalue weighted by molar-refractivity contribution is 6.12. The maximum Gasteiger partial charge on any atom is 0.346 e. The molecule has 4 aromatic rings. The molecule has 0 bridgehead atoms. The minimum absolute atomic E-state index is 0.430. The van der Waals surface area contributed by atoms with E-state index in [2.05, 4.69) is 32.0 Å². The molecular formula is C25H31N7O3. The van der Waals surface area contributed by atoms with Gasteiger partial charge in [-0.05, 0) is 25.3 Å². The Labute approximate surface area is 202 Å². The van der Waals surface area contributed by atoms with Gasteiger partial charge in [-0.15, -0.1) is 0 Å². The van der Waals surface area contributed by atoms with Crippen molar-refractivity contribution in [3.05, 3.63) is 47.0 Å². The zero-order valence-electron chi connectivity index (χ0n) is 20.3. The van der Waals surface area contributed by atoms with Crippen LogP contribution in [0.25, 0.3) is 38.9 Å². The zero-order chi connectivity index (χ0) is 24.8. The first-order chi connectivity index (χ1) is 17.0. The van der Waals surface area contributed by atoms with E-state index in [1.807, 2.05) is 0 Å². The fraction of sp³-hybridized carbons (Fsp3) is 0.400. The lowest BCUT2D eigenvalue weighted by atomic mass is 10.1. The van der Waals surface area contributed by atoms with Crippen LogP contribution < -0.4 is 11.4 Å². The molecule has 0 radical (unpaired) electrons. The van der Waals surface area contributed by atoms with E-state index < -0.39 is 5.69 Å². The summed E-state index contributed by atoms with van der Waals surface area (Å²) in [4.78, 5) is 27.2. The van der Waals surface area contributed by atoms with Gasteiger partial charge in [0.1, 0.15) is 5.69 Å². The van der Waals surface area contributed by atoms with E-state index in [0.29, 0.717) is 50.7 Å². The summed E-state index contributed by atoms with van der Waals surface area (Å²) in [6.45, 7) is 3.20. The maximum atomic E-state index is 12.1. The topological polar surface area (TPSA) is 137 Å². The van der Waals surface area contributed by atoms with Gasteiger partial charge < -0.3 is 19.9 Å². The highest BCUT2D eigenvalue weighted by Crippen LogP contribution is 2.32. The molecule has 35 heavy (non-hydrogen) atoms. The predicted octanol–water partition coefficient (Wildman–Crippen LogP) is 3.82. The van der Waals surface area contributed by atoms with E-state index >= 15 is 0 Å². The number of aliphatic imine (C=N–C) groups is 1.